The van der Waals surface area contributed by atoms with Gasteiger partial charge in [0.2, 0.25) is 0 Å². The lowest BCUT2D eigenvalue weighted by Gasteiger charge is -2.18. The highest BCUT2D eigenvalue weighted by Crippen LogP contribution is 2.27. The van der Waals surface area contributed by atoms with Crippen LogP contribution in [0.3, 0.4) is 0 Å². The molecule has 4 aromatic carbocycles. The molecule has 3 heteroatoms. The van der Waals surface area contributed by atoms with Crippen LogP contribution in [-0.4, -0.2) is 12.6 Å². The van der Waals surface area contributed by atoms with Crippen LogP contribution in [0.15, 0.2) is 72.8 Å². The molecule has 0 aliphatic heterocycles. The maximum Gasteiger partial charge on any atom is 0.338 e. The Balaban J connectivity index is 1.35. The SMILES string of the molecule is CCCCCCCCCCCCC(CCCCCCCCCC)COC(=O)c1ccc(C#Cc2ccc(I)c3ccccc23)c2ccccc12. The second kappa shape index (κ2) is 23.6. The van der Waals surface area contributed by atoms with Crippen molar-refractivity contribution in [2.24, 2.45) is 5.92 Å². The Labute approximate surface area is 317 Å². The van der Waals surface area contributed by atoms with Crippen LogP contribution in [-0.2, 0) is 4.74 Å². The third kappa shape index (κ3) is 13.4. The summed E-state index contributed by atoms with van der Waals surface area (Å²) in [5.41, 5.74) is 2.57. The molecule has 0 heterocycles. The van der Waals surface area contributed by atoms with Gasteiger partial charge in [0.1, 0.15) is 0 Å². The first-order valence-electron chi connectivity index (χ1n) is 20.0. The lowest BCUT2D eigenvalue weighted by atomic mass is 9.94. The number of hydrogen-bond acceptors (Lipinski definition) is 2. The number of hydrogen-bond donors (Lipinski definition) is 0. The van der Waals surface area contributed by atoms with Crippen LogP contribution in [0.5, 0.6) is 0 Å². The van der Waals surface area contributed by atoms with Crippen molar-refractivity contribution in [1.29, 1.82) is 0 Å². The first-order chi connectivity index (χ1) is 24.6. The van der Waals surface area contributed by atoms with E-state index in [0.717, 1.165) is 40.1 Å². The molecule has 50 heavy (non-hydrogen) atoms. The molecule has 0 aliphatic rings. The van der Waals surface area contributed by atoms with Gasteiger partial charge in [0.15, 0.2) is 0 Å². The first kappa shape index (κ1) is 39.9. The largest absolute Gasteiger partial charge is 0.462 e. The molecule has 4 aromatic rings. The molecule has 0 fully saturated rings. The van der Waals surface area contributed by atoms with Gasteiger partial charge in [-0.1, -0.05) is 190 Å². The van der Waals surface area contributed by atoms with Gasteiger partial charge in [-0.25, -0.2) is 4.79 Å². The van der Waals surface area contributed by atoms with E-state index in [0.29, 0.717) is 18.1 Å². The summed E-state index contributed by atoms with van der Waals surface area (Å²) in [7, 11) is 0. The van der Waals surface area contributed by atoms with E-state index in [1.165, 1.54) is 125 Å². The normalized spacial score (nSPS) is 11.8. The van der Waals surface area contributed by atoms with Gasteiger partial charge < -0.3 is 4.74 Å². The fourth-order valence-corrected chi connectivity index (χ4v) is 7.81. The molecule has 1 atom stereocenters. The Kier molecular flexibility index (Phi) is 18.8. The number of halogens is 1. The Morgan fingerprint density at radius 2 is 0.960 bits per heavy atom. The molecule has 4 rings (SSSR count). The van der Waals surface area contributed by atoms with Crippen molar-refractivity contribution in [3.05, 3.63) is 93.1 Å². The molecule has 0 saturated heterocycles. The lowest BCUT2D eigenvalue weighted by Crippen LogP contribution is -2.15. The zero-order chi connectivity index (χ0) is 35.2. The van der Waals surface area contributed by atoms with E-state index in [9.17, 15) is 4.79 Å². The maximum atomic E-state index is 13.6. The number of ether oxygens (including phenoxy) is 1. The van der Waals surface area contributed by atoms with E-state index in [1.807, 2.05) is 30.3 Å². The number of esters is 1. The van der Waals surface area contributed by atoms with Crippen LogP contribution in [0.25, 0.3) is 21.5 Å². The van der Waals surface area contributed by atoms with Crippen LogP contribution < -0.4 is 0 Å². The summed E-state index contributed by atoms with van der Waals surface area (Å²) in [6, 6.07) is 24.7. The van der Waals surface area contributed by atoms with Gasteiger partial charge in [-0.15, -0.1) is 0 Å². The van der Waals surface area contributed by atoms with Gasteiger partial charge in [-0.2, -0.15) is 0 Å². The zero-order valence-corrected chi connectivity index (χ0v) is 33.2. The van der Waals surface area contributed by atoms with E-state index < -0.39 is 0 Å². The third-order valence-corrected chi connectivity index (χ3v) is 11.2. The number of unbranched alkanes of at least 4 members (excludes halogenated alkanes) is 16. The van der Waals surface area contributed by atoms with Crippen LogP contribution in [0.2, 0.25) is 0 Å². The minimum Gasteiger partial charge on any atom is -0.462 e. The second-order valence-corrected chi connectivity index (χ2v) is 15.5. The summed E-state index contributed by atoms with van der Waals surface area (Å²) in [5.74, 6) is 7.08. The smallest absolute Gasteiger partial charge is 0.338 e. The standard InChI is InChI=1S/C47H61IO2/c1-3-5-7-9-11-13-14-16-18-20-26-38(25-19-17-15-12-10-8-6-4-2)37-50-47(49)45-35-33-39(41-27-21-23-29-43(41)45)31-32-40-34-36-46(48)44-30-24-22-28-42(40)44/h21-24,27-30,33-36,38H,3-20,25-26,37H2,1-2H3. The Bertz CT molecular complexity index is 1640. The minimum absolute atomic E-state index is 0.215. The molecule has 2 nitrogen and oxygen atoms in total. The number of fused-ring (bicyclic) bond motifs is 2. The van der Waals surface area contributed by atoms with E-state index >= 15 is 0 Å². The van der Waals surface area contributed by atoms with Crippen LogP contribution in [0, 0.1) is 21.3 Å². The van der Waals surface area contributed by atoms with Crippen LogP contribution in [0.1, 0.15) is 164 Å². The average Bonchev–Trinajstić information content (AvgIpc) is 3.14. The fraction of sp³-hybridized carbons (Fsp3) is 0.511. The monoisotopic (exact) mass is 784 g/mol. The zero-order valence-electron chi connectivity index (χ0n) is 31.0. The molecule has 0 saturated carbocycles. The lowest BCUT2D eigenvalue weighted by molar-refractivity contribution is 0.0424. The fourth-order valence-electron chi connectivity index (χ4n) is 7.16. The van der Waals surface area contributed by atoms with E-state index in [1.54, 1.807) is 0 Å². The number of carbonyl (C=O) groups is 1. The second-order valence-electron chi connectivity index (χ2n) is 14.3. The first-order valence-corrected chi connectivity index (χ1v) is 21.1. The summed E-state index contributed by atoms with van der Waals surface area (Å²) >= 11 is 2.39. The number of rotatable bonds is 23. The van der Waals surface area contributed by atoms with Crippen molar-refractivity contribution in [2.75, 3.05) is 6.61 Å². The molecule has 0 bridgehead atoms. The van der Waals surface area contributed by atoms with E-state index in [2.05, 4.69) is 90.7 Å². The molecular formula is C47H61IO2. The Morgan fingerprint density at radius 1 is 0.540 bits per heavy atom. The van der Waals surface area contributed by atoms with E-state index in [-0.39, 0.29) is 5.97 Å². The summed E-state index contributed by atoms with van der Waals surface area (Å²) in [6.45, 7) is 5.08. The highest BCUT2D eigenvalue weighted by molar-refractivity contribution is 14.1. The van der Waals surface area contributed by atoms with E-state index in [4.69, 9.17) is 4.74 Å². The van der Waals surface area contributed by atoms with Crippen molar-refractivity contribution < 1.29 is 9.53 Å². The molecule has 0 spiro atoms. The molecule has 0 amide bonds. The van der Waals surface area contributed by atoms with Gasteiger partial charge >= 0.3 is 5.97 Å². The van der Waals surface area contributed by atoms with Gasteiger partial charge in [-0.3, -0.25) is 0 Å². The van der Waals surface area contributed by atoms with Crippen molar-refractivity contribution in [1.82, 2.24) is 0 Å². The Morgan fingerprint density at radius 3 is 1.48 bits per heavy atom. The van der Waals surface area contributed by atoms with Crippen molar-refractivity contribution >= 4 is 50.1 Å². The maximum absolute atomic E-state index is 13.6. The van der Waals surface area contributed by atoms with Crippen molar-refractivity contribution in [2.45, 2.75) is 142 Å². The molecule has 0 aromatic heterocycles. The summed E-state index contributed by atoms with van der Waals surface area (Å²) < 4.78 is 7.34. The summed E-state index contributed by atoms with van der Waals surface area (Å²) in [4.78, 5) is 13.6. The van der Waals surface area contributed by atoms with Gasteiger partial charge in [-0.05, 0) is 87.2 Å². The molecule has 1 unspecified atom stereocenters. The minimum atomic E-state index is -0.215. The predicted molar refractivity (Wildman–Crippen MR) is 224 cm³/mol. The molecular weight excluding hydrogens is 723 g/mol. The van der Waals surface area contributed by atoms with Crippen molar-refractivity contribution in [3.63, 3.8) is 0 Å². The molecule has 0 N–H and O–H groups in total. The predicted octanol–water partition coefficient (Wildman–Crippen LogP) is 14.6. The van der Waals surface area contributed by atoms with Gasteiger partial charge in [0.25, 0.3) is 0 Å². The Hall–Kier alpha value is -2.84. The quantitative estimate of drug-likeness (QED) is 0.0324. The molecule has 268 valence electrons. The molecule has 0 radical (unpaired) electrons. The van der Waals surface area contributed by atoms with Gasteiger partial charge in [0.05, 0.1) is 12.2 Å². The topological polar surface area (TPSA) is 26.3 Å². The van der Waals surface area contributed by atoms with Gasteiger partial charge in [0, 0.05) is 14.7 Å². The summed E-state index contributed by atoms with van der Waals surface area (Å²) in [6.07, 6.45) is 26.4. The van der Waals surface area contributed by atoms with Crippen LogP contribution in [0.4, 0.5) is 0 Å². The number of benzene rings is 4. The average molecular weight is 785 g/mol. The van der Waals surface area contributed by atoms with Crippen molar-refractivity contribution in [3.8, 4) is 11.8 Å². The number of carbonyl (C=O) groups excluding carboxylic acids is 1. The van der Waals surface area contributed by atoms with Crippen LogP contribution >= 0.6 is 22.6 Å². The highest BCUT2D eigenvalue weighted by Gasteiger charge is 2.17. The summed E-state index contributed by atoms with van der Waals surface area (Å²) in [5, 5.41) is 4.28. The third-order valence-electron chi connectivity index (χ3n) is 10.2. The highest BCUT2D eigenvalue weighted by atomic mass is 127. The molecule has 0 aliphatic carbocycles.